The second-order valence-electron chi connectivity index (χ2n) is 9.48. The lowest BCUT2D eigenvalue weighted by molar-refractivity contribution is 0.117. The van der Waals surface area contributed by atoms with Crippen LogP contribution in [-0.2, 0) is 4.74 Å². The number of aromatic nitrogens is 4. The Labute approximate surface area is 232 Å². The largest absolute Gasteiger partial charge is 0.493 e. The van der Waals surface area contributed by atoms with Crippen LogP contribution < -0.4 is 25.0 Å². The molecule has 2 N–H and O–H groups in total. The van der Waals surface area contributed by atoms with Crippen molar-refractivity contribution >= 4 is 40.8 Å². The van der Waals surface area contributed by atoms with Crippen molar-refractivity contribution in [3.63, 3.8) is 0 Å². The van der Waals surface area contributed by atoms with Crippen molar-refractivity contribution in [2.75, 3.05) is 51.2 Å². The van der Waals surface area contributed by atoms with Crippen LogP contribution in [0.4, 0.5) is 16.4 Å². The molecule has 2 aromatic heterocycles. The third-order valence-corrected chi connectivity index (χ3v) is 6.57. The zero-order valence-corrected chi connectivity index (χ0v) is 22.9. The first kappa shape index (κ1) is 26.7. The number of benzene rings is 2. The highest BCUT2D eigenvalue weighted by molar-refractivity contribution is 5.90. The number of rotatable bonds is 8. The Balaban J connectivity index is 1.55. The number of hydrogen-bond acceptors (Lipinski definition) is 10. The molecule has 4 aromatic rings. The number of methoxy groups -OCH3 is 2. The summed E-state index contributed by atoms with van der Waals surface area (Å²) in [5.74, 6) is 3.75. The van der Waals surface area contributed by atoms with Gasteiger partial charge < -0.3 is 29.7 Å². The molecule has 1 amide bonds. The Morgan fingerprint density at radius 1 is 0.975 bits per heavy atom. The number of para-hydroxylation sites is 1. The smallest absolute Gasteiger partial charge is 0.404 e. The number of amides is 1. The minimum Gasteiger partial charge on any atom is -0.493 e. The van der Waals surface area contributed by atoms with Gasteiger partial charge in [-0.1, -0.05) is 12.1 Å². The van der Waals surface area contributed by atoms with Crippen molar-refractivity contribution in [3.05, 3.63) is 60.2 Å². The van der Waals surface area contributed by atoms with Crippen LogP contribution >= 0.6 is 0 Å². The number of nitrogens with zero attached hydrogens (tertiary/aromatic N) is 6. The molecule has 2 aromatic carbocycles. The summed E-state index contributed by atoms with van der Waals surface area (Å²) >= 11 is 0. The molecule has 0 spiro atoms. The van der Waals surface area contributed by atoms with Gasteiger partial charge in [0.1, 0.15) is 17.7 Å². The second-order valence-corrected chi connectivity index (χ2v) is 9.48. The van der Waals surface area contributed by atoms with Crippen LogP contribution in [0.2, 0.25) is 0 Å². The summed E-state index contributed by atoms with van der Waals surface area (Å²) in [6, 6.07) is 15.4. The summed E-state index contributed by atoms with van der Waals surface area (Å²) in [6.45, 7) is 1.14. The SMILES string of the molecule is COc1ccc(-c2cc(N3CCC(OC(N)=O)C3)nc(C=Cc3nc(N(C)C)c4ccccc4n3)n2)cc1OC. The summed E-state index contributed by atoms with van der Waals surface area (Å²) in [5, 5.41) is 0.973. The highest BCUT2D eigenvalue weighted by atomic mass is 16.6. The first-order chi connectivity index (χ1) is 19.3. The maximum atomic E-state index is 11.3. The monoisotopic (exact) mass is 541 g/mol. The fraction of sp³-hybridized carbons (Fsp3) is 0.276. The first-order valence-corrected chi connectivity index (χ1v) is 12.8. The molecule has 0 saturated carbocycles. The molecule has 11 nitrogen and oxygen atoms in total. The third kappa shape index (κ3) is 5.73. The number of ether oxygens (including phenoxy) is 3. The van der Waals surface area contributed by atoms with Gasteiger partial charge in [0.25, 0.3) is 0 Å². The van der Waals surface area contributed by atoms with Crippen molar-refractivity contribution in [1.82, 2.24) is 19.9 Å². The van der Waals surface area contributed by atoms with Crippen molar-refractivity contribution in [3.8, 4) is 22.8 Å². The van der Waals surface area contributed by atoms with Crippen molar-refractivity contribution in [1.29, 1.82) is 0 Å². The Hall–Kier alpha value is -4.93. The second kappa shape index (κ2) is 11.4. The molecular weight excluding hydrogens is 510 g/mol. The van der Waals surface area contributed by atoms with E-state index in [0.29, 0.717) is 54.2 Å². The Morgan fingerprint density at radius 3 is 2.45 bits per heavy atom. The molecule has 5 rings (SSSR count). The Bertz CT molecular complexity index is 1570. The minimum absolute atomic E-state index is 0.300. The Morgan fingerprint density at radius 2 is 1.73 bits per heavy atom. The summed E-state index contributed by atoms with van der Waals surface area (Å²) < 4.78 is 16.1. The molecule has 0 aliphatic carbocycles. The van der Waals surface area contributed by atoms with Gasteiger partial charge in [-0.05, 0) is 42.5 Å². The van der Waals surface area contributed by atoms with Gasteiger partial charge in [-0.25, -0.2) is 24.7 Å². The van der Waals surface area contributed by atoms with Gasteiger partial charge in [-0.3, -0.25) is 0 Å². The van der Waals surface area contributed by atoms with E-state index in [0.717, 1.165) is 22.3 Å². The zero-order chi connectivity index (χ0) is 28.2. The molecule has 0 bridgehead atoms. The van der Waals surface area contributed by atoms with Gasteiger partial charge in [0.15, 0.2) is 23.1 Å². The molecular formula is C29H31N7O4. The van der Waals surface area contributed by atoms with E-state index in [9.17, 15) is 4.79 Å². The van der Waals surface area contributed by atoms with Crippen LogP contribution in [0, 0.1) is 0 Å². The molecule has 40 heavy (non-hydrogen) atoms. The van der Waals surface area contributed by atoms with E-state index in [1.54, 1.807) is 26.4 Å². The van der Waals surface area contributed by atoms with Gasteiger partial charge in [0.2, 0.25) is 0 Å². The fourth-order valence-electron chi connectivity index (χ4n) is 4.67. The average molecular weight is 542 g/mol. The first-order valence-electron chi connectivity index (χ1n) is 12.8. The van der Waals surface area contributed by atoms with E-state index in [4.69, 9.17) is 39.9 Å². The normalized spacial score (nSPS) is 15.0. The standard InChI is InChI=1S/C29H31N7O4/c1-35(2)28-20-7-5-6-8-21(20)31-26(34-28)12-11-25-32-22(18-9-10-23(38-3)24(15-18)39-4)16-27(33-25)36-14-13-19(17-36)40-29(30)37/h5-12,15-16,19H,13-14,17H2,1-4H3,(H2,30,37). The topological polar surface area (TPSA) is 129 Å². The molecule has 1 aliphatic rings. The van der Waals surface area contributed by atoms with E-state index >= 15 is 0 Å². The molecule has 1 atom stereocenters. The summed E-state index contributed by atoms with van der Waals surface area (Å²) in [4.78, 5) is 34.4. The Kier molecular flexibility index (Phi) is 7.63. The van der Waals surface area contributed by atoms with Gasteiger partial charge >= 0.3 is 6.09 Å². The van der Waals surface area contributed by atoms with E-state index in [1.807, 2.05) is 72.4 Å². The van der Waals surface area contributed by atoms with Gasteiger partial charge in [0, 0.05) is 44.1 Å². The van der Waals surface area contributed by atoms with Crippen LogP contribution in [0.5, 0.6) is 11.5 Å². The molecule has 206 valence electrons. The number of carbonyl (C=O) groups is 1. The maximum absolute atomic E-state index is 11.3. The predicted octanol–water partition coefficient (Wildman–Crippen LogP) is 4.01. The molecule has 1 aliphatic heterocycles. The summed E-state index contributed by atoms with van der Waals surface area (Å²) in [6.07, 6.45) is 3.18. The molecule has 3 heterocycles. The minimum atomic E-state index is -0.781. The van der Waals surface area contributed by atoms with E-state index in [1.165, 1.54) is 0 Å². The van der Waals surface area contributed by atoms with Crippen LogP contribution in [0.3, 0.4) is 0 Å². The van der Waals surface area contributed by atoms with E-state index in [-0.39, 0.29) is 6.10 Å². The highest BCUT2D eigenvalue weighted by Crippen LogP contribution is 2.33. The molecule has 11 heteroatoms. The quantitative estimate of drug-likeness (QED) is 0.349. The molecule has 0 radical (unpaired) electrons. The third-order valence-electron chi connectivity index (χ3n) is 6.57. The number of fused-ring (bicyclic) bond motifs is 1. The van der Waals surface area contributed by atoms with E-state index in [2.05, 4.69) is 0 Å². The van der Waals surface area contributed by atoms with Crippen LogP contribution in [-0.4, -0.2) is 73.5 Å². The van der Waals surface area contributed by atoms with Gasteiger partial charge in [-0.2, -0.15) is 0 Å². The zero-order valence-electron chi connectivity index (χ0n) is 22.9. The van der Waals surface area contributed by atoms with Crippen molar-refractivity contribution in [2.24, 2.45) is 5.73 Å². The van der Waals surface area contributed by atoms with Crippen LogP contribution in [0.1, 0.15) is 18.1 Å². The lowest BCUT2D eigenvalue weighted by Gasteiger charge is -2.19. The van der Waals surface area contributed by atoms with Crippen molar-refractivity contribution in [2.45, 2.75) is 12.5 Å². The lowest BCUT2D eigenvalue weighted by atomic mass is 10.1. The fourth-order valence-corrected chi connectivity index (χ4v) is 4.67. The van der Waals surface area contributed by atoms with Gasteiger partial charge in [0.05, 0.1) is 32.0 Å². The number of primary amides is 1. The van der Waals surface area contributed by atoms with Crippen molar-refractivity contribution < 1.29 is 19.0 Å². The van der Waals surface area contributed by atoms with E-state index < -0.39 is 6.09 Å². The average Bonchev–Trinajstić information content (AvgIpc) is 3.42. The summed E-state index contributed by atoms with van der Waals surface area (Å²) in [7, 11) is 7.10. The predicted molar refractivity (Wildman–Crippen MR) is 155 cm³/mol. The number of carbonyl (C=O) groups excluding carboxylic acids is 1. The number of hydrogen-bond donors (Lipinski definition) is 1. The molecule has 1 saturated heterocycles. The highest BCUT2D eigenvalue weighted by Gasteiger charge is 2.27. The summed E-state index contributed by atoms with van der Waals surface area (Å²) in [5.41, 5.74) is 7.61. The maximum Gasteiger partial charge on any atom is 0.404 e. The lowest BCUT2D eigenvalue weighted by Crippen LogP contribution is -2.27. The van der Waals surface area contributed by atoms with Crippen LogP contribution in [0.25, 0.3) is 34.3 Å². The molecule has 1 unspecified atom stereocenters. The molecule has 1 fully saturated rings. The van der Waals surface area contributed by atoms with Crippen LogP contribution in [0.15, 0.2) is 48.5 Å². The van der Waals surface area contributed by atoms with Gasteiger partial charge in [-0.15, -0.1) is 0 Å². The number of nitrogens with two attached hydrogens (primary N) is 1. The number of anilines is 2.